The molecular weight excluding hydrogens is 192 g/mol. The molecule has 1 N–H and O–H groups in total. The van der Waals surface area contributed by atoms with Gasteiger partial charge in [-0.25, -0.2) is 0 Å². The molecule has 0 heterocycles. The van der Waals surface area contributed by atoms with Gasteiger partial charge in [0.25, 0.3) is 0 Å². The van der Waals surface area contributed by atoms with Crippen LogP contribution in [0.3, 0.4) is 0 Å². The van der Waals surface area contributed by atoms with Crippen molar-refractivity contribution in [2.45, 2.75) is 59.5 Å². The fraction of sp³-hybridized carbons (Fsp3) is 0.917. The Kier molecular flexibility index (Phi) is 6.57. The molecule has 0 aromatic carbocycles. The van der Waals surface area contributed by atoms with E-state index in [1.54, 1.807) is 20.8 Å². The Labute approximate surface area is 92.8 Å². The van der Waals surface area contributed by atoms with Crippen LogP contribution in [0.5, 0.6) is 0 Å². The minimum atomic E-state index is -0.511. The van der Waals surface area contributed by atoms with Gasteiger partial charge in [0.15, 0.2) is 0 Å². The highest BCUT2D eigenvalue weighted by molar-refractivity contribution is 5.75. The van der Waals surface area contributed by atoms with Gasteiger partial charge in [0, 0.05) is 0 Å². The lowest BCUT2D eigenvalue weighted by Crippen LogP contribution is -2.27. The highest BCUT2D eigenvalue weighted by Crippen LogP contribution is 2.15. The van der Waals surface area contributed by atoms with Crippen LogP contribution < -0.4 is 0 Å². The van der Waals surface area contributed by atoms with Gasteiger partial charge in [-0.05, 0) is 27.2 Å². The van der Waals surface area contributed by atoms with E-state index in [1.165, 1.54) is 0 Å². The van der Waals surface area contributed by atoms with E-state index in [9.17, 15) is 9.90 Å². The first-order valence-electron chi connectivity index (χ1n) is 5.73. The second-order valence-electron chi connectivity index (χ2n) is 5.00. The lowest BCUT2D eigenvalue weighted by molar-refractivity contribution is -0.156. The second-order valence-corrected chi connectivity index (χ2v) is 5.00. The third-order valence-corrected chi connectivity index (χ3v) is 2.16. The zero-order valence-corrected chi connectivity index (χ0v) is 10.4. The van der Waals surface area contributed by atoms with Crippen LogP contribution in [-0.2, 0) is 9.53 Å². The van der Waals surface area contributed by atoms with E-state index in [-0.39, 0.29) is 12.6 Å². The Bertz CT molecular complexity index is 182. The van der Waals surface area contributed by atoms with Gasteiger partial charge in [0.05, 0.1) is 11.5 Å². The SMILES string of the molecule is CCCCCC(O)COC(=O)C(C)(C)C. The van der Waals surface area contributed by atoms with Crippen molar-refractivity contribution >= 4 is 5.97 Å². The highest BCUT2D eigenvalue weighted by atomic mass is 16.5. The lowest BCUT2D eigenvalue weighted by atomic mass is 9.97. The average molecular weight is 216 g/mol. The van der Waals surface area contributed by atoms with Crippen molar-refractivity contribution in [2.24, 2.45) is 5.41 Å². The van der Waals surface area contributed by atoms with Crippen LogP contribution in [0.25, 0.3) is 0 Å². The molecule has 0 radical (unpaired) electrons. The highest BCUT2D eigenvalue weighted by Gasteiger charge is 2.23. The smallest absolute Gasteiger partial charge is 0.311 e. The van der Waals surface area contributed by atoms with Crippen LogP contribution in [0.15, 0.2) is 0 Å². The normalized spacial score (nSPS) is 13.7. The Morgan fingerprint density at radius 3 is 2.40 bits per heavy atom. The number of hydrogen-bond acceptors (Lipinski definition) is 3. The maximum atomic E-state index is 11.4. The molecule has 0 fully saturated rings. The molecule has 3 heteroatoms. The van der Waals surface area contributed by atoms with Crippen LogP contribution in [-0.4, -0.2) is 23.8 Å². The number of aliphatic hydroxyl groups excluding tert-OH is 1. The summed E-state index contributed by atoms with van der Waals surface area (Å²) in [5, 5.41) is 9.51. The summed E-state index contributed by atoms with van der Waals surface area (Å²) in [6, 6.07) is 0. The summed E-state index contributed by atoms with van der Waals surface area (Å²) >= 11 is 0. The van der Waals surface area contributed by atoms with Crippen molar-refractivity contribution in [1.29, 1.82) is 0 Å². The quantitative estimate of drug-likeness (QED) is 0.548. The topological polar surface area (TPSA) is 46.5 Å². The predicted molar refractivity (Wildman–Crippen MR) is 60.6 cm³/mol. The Morgan fingerprint density at radius 2 is 1.93 bits per heavy atom. The van der Waals surface area contributed by atoms with E-state index < -0.39 is 11.5 Å². The first-order chi connectivity index (χ1) is 6.88. The summed E-state index contributed by atoms with van der Waals surface area (Å²) in [5.41, 5.74) is -0.483. The molecule has 90 valence electrons. The number of unbranched alkanes of at least 4 members (excludes halogenated alkanes) is 2. The zero-order chi connectivity index (χ0) is 11.9. The second kappa shape index (κ2) is 6.83. The van der Waals surface area contributed by atoms with E-state index in [2.05, 4.69) is 6.92 Å². The van der Waals surface area contributed by atoms with Crippen LogP contribution in [0, 0.1) is 5.41 Å². The molecule has 1 unspecified atom stereocenters. The molecule has 0 saturated heterocycles. The third kappa shape index (κ3) is 7.37. The summed E-state index contributed by atoms with van der Waals surface area (Å²) in [4.78, 5) is 11.4. The standard InChI is InChI=1S/C12H24O3/c1-5-6-7-8-10(13)9-15-11(14)12(2,3)4/h10,13H,5-9H2,1-4H3. The number of carbonyl (C=O) groups is 1. The first-order valence-corrected chi connectivity index (χ1v) is 5.73. The maximum absolute atomic E-state index is 11.4. The summed E-state index contributed by atoms with van der Waals surface area (Å²) in [5.74, 6) is -0.253. The van der Waals surface area contributed by atoms with Crippen molar-refractivity contribution in [1.82, 2.24) is 0 Å². The number of rotatable bonds is 6. The molecule has 0 aliphatic carbocycles. The maximum Gasteiger partial charge on any atom is 0.311 e. The van der Waals surface area contributed by atoms with E-state index in [4.69, 9.17) is 4.74 Å². The van der Waals surface area contributed by atoms with Gasteiger partial charge in [-0.15, -0.1) is 0 Å². The van der Waals surface area contributed by atoms with E-state index >= 15 is 0 Å². The van der Waals surface area contributed by atoms with Gasteiger partial charge < -0.3 is 9.84 Å². The minimum Gasteiger partial charge on any atom is -0.463 e. The molecule has 0 aromatic rings. The summed E-state index contributed by atoms with van der Waals surface area (Å²) < 4.78 is 5.01. The van der Waals surface area contributed by atoms with E-state index in [1.807, 2.05) is 0 Å². The molecule has 0 saturated carbocycles. The predicted octanol–water partition coefficient (Wildman–Crippen LogP) is 2.52. The molecule has 3 nitrogen and oxygen atoms in total. The lowest BCUT2D eigenvalue weighted by Gasteiger charge is -2.18. The minimum absolute atomic E-state index is 0.125. The summed E-state index contributed by atoms with van der Waals surface area (Å²) in [6.45, 7) is 7.65. The van der Waals surface area contributed by atoms with Crippen molar-refractivity contribution in [3.8, 4) is 0 Å². The average Bonchev–Trinajstić information content (AvgIpc) is 2.13. The fourth-order valence-corrected chi connectivity index (χ4v) is 1.10. The number of ether oxygens (including phenoxy) is 1. The molecule has 0 aliphatic rings. The van der Waals surface area contributed by atoms with Gasteiger partial charge in [-0.1, -0.05) is 26.2 Å². The number of aliphatic hydroxyl groups is 1. The molecule has 0 aliphatic heterocycles. The molecule has 0 aromatic heterocycles. The Hall–Kier alpha value is -0.570. The largest absolute Gasteiger partial charge is 0.463 e. The van der Waals surface area contributed by atoms with Crippen molar-refractivity contribution in [2.75, 3.05) is 6.61 Å². The molecule has 0 amide bonds. The molecule has 0 rings (SSSR count). The Morgan fingerprint density at radius 1 is 1.33 bits per heavy atom. The fourth-order valence-electron chi connectivity index (χ4n) is 1.10. The third-order valence-electron chi connectivity index (χ3n) is 2.16. The molecule has 0 bridgehead atoms. The summed E-state index contributed by atoms with van der Waals surface area (Å²) in [7, 11) is 0. The van der Waals surface area contributed by atoms with E-state index in [0.717, 1.165) is 19.3 Å². The van der Waals surface area contributed by atoms with Crippen LogP contribution in [0.2, 0.25) is 0 Å². The number of hydrogen-bond donors (Lipinski definition) is 1. The Balaban J connectivity index is 3.62. The van der Waals surface area contributed by atoms with E-state index in [0.29, 0.717) is 6.42 Å². The van der Waals surface area contributed by atoms with Crippen LogP contribution in [0.4, 0.5) is 0 Å². The molecule has 0 spiro atoms. The summed E-state index contributed by atoms with van der Waals surface area (Å²) in [6.07, 6.45) is 3.44. The number of carbonyl (C=O) groups excluding carboxylic acids is 1. The first kappa shape index (κ1) is 14.4. The van der Waals surface area contributed by atoms with Crippen LogP contribution >= 0.6 is 0 Å². The van der Waals surface area contributed by atoms with Gasteiger partial charge >= 0.3 is 5.97 Å². The van der Waals surface area contributed by atoms with Gasteiger partial charge in [0.2, 0.25) is 0 Å². The molecule has 1 atom stereocenters. The van der Waals surface area contributed by atoms with Crippen molar-refractivity contribution in [3.63, 3.8) is 0 Å². The van der Waals surface area contributed by atoms with Crippen molar-refractivity contribution in [3.05, 3.63) is 0 Å². The van der Waals surface area contributed by atoms with Gasteiger partial charge in [0.1, 0.15) is 6.61 Å². The van der Waals surface area contributed by atoms with Gasteiger partial charge in [-0.2, -0.15) is 0 Å². The van der Waals surface area contributed by atoms with Crippen molar-refractivity contribution < 1.29 is 14.6 Å². The number of esters is 1. The molecule has 15 heavy (non-hydrogen) atoms. The van der Waals surface area contributed by atoms with Gasteiger partial charge in [-0.3, -0.25) is 4.79 Å². The molecular formula is C12H24O3. The zero-order valence-electron chi connectivity index (χ0n) is 10.4. The van der Waals surface area contributed by atoms with Crippen LogP contribution in [0.1, 0.15) is 53.4 Å². The monoisotopic (exact) mass is 216 g/mol.